The molecule has 0 saturated heterocycles. The number of rotatable bonds is 2. The smallest absolute Gasteiger partial charge is 0.241 e. The molecule has 4 heteroatoms. The van der Waals surface area contributed by atoms with E-state index in [0.29, 0.717) is 5.69 Å². The van der Waals surface area contributed by atoms with Crippen molar-refractivity contribution in [3.8, 4) is 5.75 Å². The molecule has 1 atom stereocenters. The van der Waals surface area contributed by atoms with Gasteiger partial charge in [-0.2, -0.15) is 0 Å². The Bertz CT molecular complexity index is 310. The molecule has 4 nitrogen and oxygen atoms in total. The minimum Gasteiger partial charge on any atom is -0.508 e. The first kappa shape index (κ1) is 9.54. The van der Waals surface area contributed by atoms with Crippen molar-refractivity contribution in [1.82, 2.24) is 0 Å². The average Bonchev–Trinajstić information content (AvgIpc) is 2.04. The molecule has 0 aliphatic carbocycles. The third kappa shape index (κ3) is 2.76. The highest BCUT2D eigenvalue weighted by Crippen LogP contribution is 2.15. The van der Waals surface area contributed by atoms with E-state index < -0.39 is 6.04 Å². The normalized spacial score (nSPS) is 12.2. The molecule has 0 radical (unpaired) electrons. The maximum absolute atomic E-state index is 11.1. The van der Waals surface area contributed by atoms with Gasteiger partial charge >= 0.3 is 0 Å². The molecule has 0 aliphatic rings. The second-order valence-corrected chi connectivity index (χ2v) is 2.83. The summed E-state index contributed by atoms with van der Waals surface area (Å²) in [6, 6.07) is 5.76. The first-order valence-corrected chi connectivity index (χ1v) is 3.95. The summed E-state index contributed by atoms with van der Waals surface area (Å²) in [7, 11) is 0. The maximum atomic E-state index is 11.1. The number of amides is 1. The van der Waals surface area contributed by atoms with Crippen molar-refractivity contribution in [1.29, 1.82) is 0 Å². The largest absolute Gasteiger partial charge is 0.508 e. The maximum Gasteiger partial charge on any atom is 0.241 e. The van der Waals surface area contributed by atoms with E-state index in [4.69, 9.17) is 10.8 Å². The molecule has 0 fully saturated rings. The van der Waals surface area contributed by atoms with Crippen LogP contribution < -0.4 is 11.1 Å². The summed E-state index contributed by atoms with van der Waals surface area (Å²) in [6.07, 6.45) is 0. The summed E-state index contributed by atoms with van der Waals surface area (Å²) < 4.78 is 0. The lowest BCUT2D eigenvalue weighted by Crippen LogP contribution is -2.32. The number of hydrogen-bond donors (Lipinski definition) is 3. The van der Waals surface area contributed by atoms with Gasteiger partial charge in [0.05, 0.1) is 6.04 Å². The molecule has 13 heavy (non-hydrogen) atoms. The van der Waals surface area contributed by atoms with Gasteiger partial charge < -0.3 is 16.2 Å². The second kappa shape index (κ2) is 3.91. The fourth-order valence-electron chi connectivity index (χ4n) is 0.840. The van der Waals surface area contributed by atoms with Gasteiger partial charge in [-0.15, -0.1) is 0 Å². The minimum absolute atomic E-state index is 0.113. The van der Waals surface area contributed by atoms with E-state index in [1.807, 2.05) is 0 Å². The Morgan fingerprint density at radius 3 is 2.85 bits per heavy atom. The summed E-state index contributed by atoms with van der Waals surface area (Å²) in [4.78, 5) is 11.1. The molecule has 1 aromatic carbocycles. The number of aromatic hydroxyl groups is 1. The highest BCUT2D eigenvalue weighted by atomic mass is 16.3. The van der Waals surface area contributed by atoms with Gasteiger partial charge in [0, 0.05) is 11.8 Å². The van der Waals surface area contributed by atoms with Crippen molar-refractivity contribution in [2.75, 3.05) is 5.32 Å². The Kier molecular flexibility index (Phi) is 2.87. The SMILES string of the molecule is C[C@@H](N)C(=O)Nc1cccc(O)c1. The zero-order valence-electron chi connectivity index (χ0n) is 7.32. The number of phenols is 1. The van der Waals surface area contributed by atoms with Gasteiger partial charge in [0.1, 0.15) is 5.75 Å². The zero-order valence-corrected chi connectivity index (χ0v) is 7.32. The van der Waals surface area contributed by atoms with E-state index in [2.05, 4.69) is 5.32 Å². The van der Waals surface area contributed by atoms with Gasteiger partial charge in [-0.25, -0.2) is 0 Å². The highest BCUT2D eigenvalue weighted by Gasteiger charge is 2.06. The fourth-order valence-corrected chi connectivity index (χ4v) is 0.840. The van der Waals surface area contributed by atoms with Crippen molar-refractivity contribution in [3.63, 3.8) is 0 Å². The van der Waals surface area contributed by atoms with Gasteiger partial charge in [-0.3, -0.25) is 4.79 Å². The number of benzene rings is 1. The van der Waals surface area contributed by atoms with Gasteiger partial charge in [-0.05, 0) is 19.1 Å². The van der Waals surface area contributed by atoms with Crippen LogP contribution >= 0.6 is 0 Å². The van der Waals surface area contributed by atoms with Crippen LogP contribution in [0.5, 0.6) is 5.75 Å². The molecule has 1 rings (SSSR count). The Morgan fingerprint density at radius 2 is 2.31 bits per heavy atom. The summed E-state index contributed by atoms with van der Waals surface area (Å²) in [5.41, 5.74) is 5.89. The first-order valence-electron chi connectivity index (χ1n) is 3.95. The number of anilines is 1. The van der Waals surface area contributed by atoms with Crippen LogP contribution in [0.4, 0.5) is 5.69 Å². The number of phenolic OH excluding ortho intramolecular Hbond substituents is 1. The predicted molar refractivity (Wildman–Crippen MR) is 50.4 cm³/mol. The van der Waals surface area contributed by atoms with Crippen molar-refractivity contribution >= 4 is 11.6 Å². The molecule has 0 unspecified atom stereocenters. The van der Waals surface area contributed by atoms with Crippen molar-refractivity contribution in [2.45, 2.75) is 13.0 Å². The topological polar surface area (TPSA) is 75.4 Å². The van der Waals surface area contributed by atoms with Crippen molar-refractivity contribution in [2.24, 2.45) is 5.73 Å². The minimum atomic E-state index is -0.553. The lowest BCUT2D eigenvalue weighted by Gasteiger charge is -2.07. The van der Waals surface area contributed by atoms with Crippen LogP contribution in [0.3, 0.4) is 0 Å². The molecule has 0 spiro atoms. The third-order valence-electron chi connectivity index (χ3n) is 1.53. The fraction of sp³-hybridized carbons (Fsp3) is 0.222. The van der Waals surface area contributed by atoms with Crippen LogP contribution in [0.2, 0.25) is 0 Å². The van der Waals surface area contributed by atoms with E-state index >= 15 is 0 Å². The Hall–Kier alpha value is -1.55. The Balaban J connectivity index is 2.69. The zero-order chi connectivity index (χ0) is 9.84. The van der Waals surface area contributed by atoms with Gasteiger partial charge in [0.25, 0.3) is 0 Å². The second-order valence-electron chi connectivity index (χ2n) is 2.83. The third-order valence-corrected chi connectivity index (χ3v) is 1.53. The summed E-state index contributed by atoms with van der Waals surface area (Å²) >= 11 is 0. The molecule has 0 bridgehead atoms. The van der Waals surface area contributed by atoms with Gasteiger partial charge in [0.15, 0.2) is 0 Å². The van der Waals surface area contributed by atoms with Crippen LogP contribution in [0.15, 0.2) is 24.3 Å². The van der Waals surface area contributed by atoms with Crippen LogP contribution in [0.1, 0.15) is 6.92 Å². The van der Waals surface area contributed by atoms with E-state index in [1.165, 1.54) is 12.1 Å². The Labute approximate surface area is 76.4 Å². The molecular weight excluding hydrogens is 168 g/mol. The quantitative estimate of drug-likeness (QED) is 0.626. The average molecular weight is 180 g/mol. The molecule has 70 valence electrons. The van der Waals surface area contributed by atoms with Crippen LogP contribution in [0, 0.1) is 0 Å². The van der Waals surface area contributed by atoms with Crippen LogP contribution in [0.25, 0.3) is 0 Å². The predicted octanol–water partition coefficient (Wildman–Crippen LogP) is 0.678. The number of carbonyl (C=O) groups excluding carboxylic acids is 1. The van der Waals surface area contributed by atoms with E-state index in [9.17, 15) is 4.79 Å². The summed E-state index contributed by atoms with van der Waals surface area (Å²) in [5, 5.41) is 11.6. The van der Waals surface area contributed by atoms with E-state index in [0.717, 1.165) is 0 Å². The van der Waals surface area contributed by atoms with Crippen molar-refractivity contribution in [3.05, 3.63) is 24.3 Å². The lowest BCUT2D eigenvalue weighted by atomic mass is 10.2. The van der Waals surface area contributed by atoms with E-state index in [1.54, 1.807) is 19.1 Å². The molecule has 1 amide bonds. The van der Waals surface area contributed by atoms with Crippen molar-refractivity contribution < 1.29 is 9.90 Å². The molecule has 4 N–H and O–H groups in total. The highest BCUT2D eigenvalue weighted by molar-refractivity contribution is 5.94. The molecule has 0 saturated carbocycles. The van der Waals surface area contributed by atoms with Crippen LogP contribution in [-0.4, -0.2) is 17.1 Å². The monoisotopic (exact) mass is 180 g/mol. The lowest BCUT2D eigenvalue weighted by molar-refractivity contribution is -0.117. The molecule has 0 aliphatic heterocycles. The molecule has 1 aromatic rings. The number of nitrogens with one attached hydrogen (secondary N) is 1. The number of carbonyl (C=O) groups is 1. The molecular formula is C9H12N2O2. The molecule has 0 heterocycles. The summed E-state index contributed by atoms with van der Waals surface area (Å²) in [5.74, 6) is -0.159. The standard InChI is InChI=1S/C9H12N2O2/c1-6(10)9(13)11-7-3-2-4-8(12)5-7/h2-6,12H,10H2,1H3,(H,11,13)/t6-/m1/s1. The van der Waals surface area contributed by atoms with Crippen LogP contribution in [-0.2, 0) is 4.79 Å². The van der Waals surface area contributed by atoms with Gasteiger partial charge in [-0.1, -0.05) is 6.07 Å². The number of hydrogen-bond acceptors (Lipinski definition) is 3. The number of nitrogens with two attached hydrogens (primary N) is 1. The first-order chi connectivity index (χ1) is 6.09. The van der Waals surface area contributed by atoms with Gasteiger partial charge in [0.2, 0.25) is 5.91 Å². The summed E-state index contributed by atoms with van der Waals surface area (Å²) in [6.45, 7) is 1.60. The Morgan fingerprint density at radius 1 is 1.62 bits per heavy atom. The molecule has 0 aromatic heterocycles. The van der Waals surface area contributed by atoms with E-state index in [-0.39, 0.29) is 11.7 Å².